The molecule has 0 bridgehead atoms. The van der Waals surface area contributed by atoms with E-state index in [1.165, 1.54) is 0 Å². The number of nitrogens with zero attached hydrogens (tertiary/aromatic N) is 1. The Balaban J connectivity index is 0.00000484. The summed E-state index contributed by atoms with van der Waals surface area (Å²) in [5, 5.41) is 3.11. The van der Waals surface area contributed by atoms with E-state index in [1.54, 1.807) is 21.3 Å². The minimum absolute atomic E-state index is 0. The molecule has 1 rings (SSSR count). The number of nitrogens with two attached hydrogens (primary N) is 1. The van der Waals surface area contributed by atoms with Crippen molar-refractivity contribution in [2.75, 3.05) is 34.4 Å². The van der Waals surface area contributed by atoms with Gasteiger partial charge < -0.3 is 25.3 Å². The molecule has 0 radical (unpaired) electrons. The van der Waals surface area contributed by atoms with Crippen LogP contribution in [0.25, 0.3) is 0 Å². The van der Waals surface area contributed by atoms with Crippen molar-refractivity contribution in [2.24, 2.45) is 10.7 Å². The molecule has 0 saturated carbocycles. The molecule has 0 unspecified atom stereocenters. The van der Waals surface area contributed by atoms with E-state index in [-0.39, 0.29) is 24.0 Å². The molecule has 3 N–H and O–H groups in total. The van der Waals surface area contributed by atoms with Crippen LogP contribution in [0.4, 0.5) is 0 Å². The summed E-state index contributed by atoms with van der Waals surface area (Å²) in [6.45, 7) is 3.53. The number of ether oxygens (including phenoxy) is 3. The van der Waals surface area contributed by atoms with Crippen molar-refractivity contribution < 1.29 is 14.2 Å². The fourth-order valence-electron chi connectivity index (χ4n) is 2.05. The molecule has 0 heterocycles. The molecule has 0 saturated heterocycles. The Morgan fingerprint density at radius 1 is 1.13 bits per heavy atom. The molecule has 6 nitrogen and oxygen atoms in total. The predicted octanol–water partition coefficient (Wildman–Crippen LogP) is 2.58. The van der Waals surface area contributed by atoms with Gasteiger partial charge in [-0.3, -0.25) is 4.99 Å². The Kier molecular flexibility index (Phi) is 11.4. The summed E-state index contributed by atoms with van der Waals surface area (Å²) in [5.74, 6) is 2.64. The number of rotatable bonds is 9. The smallest absolute Gasteiger partial charge is 0.188 e. The first-order valence-corrected chi connectivity index (χ1v) is 7.48. The molecular weight excluding hydrogens is 409 g/mol. The molecule has 7 heteroatoms. The van der Waals surface area contributed by atoms with E-state index in [2.05, 4.69) is 17.2 Å². The highest BCUT2D eigenvalue weighted by Gasteiger charge is 2.12. The number of benzene rings is 1. The number of aliphatic imine (C=N–C) groups is 1. The molecule has 132 valence electrons. The molecule has 23 heavy (non-hydrogen) atoms. The second-order valence-electron chi connectivity index (χ2n) is 4.81. The largest absolute Gasteiger partial charge is 0.496 e. The van der Waals surface area contributed by atoms with E-state index in [9.17, 15) is 0 Å². The van der Waals surface area contributed by atoms with Crippen LogP contribution in [0.2, 0.25) is 0 Å². The van der Waals surface area contributed by atoms with Gasteiger partial charge >= 0.3 is 0 Å². The van der Waals surface area contributed by atoms with Gasteiger partial charge in [0.15, 0.2) is 5.96 Å². The average Bonchev–Trinajstić information content (AvgIpc) is 2.54. The normalized spacial score (nSPS) is 10.7. The number of hydrogen-bond donors (Lipinski definition) is 2. The average molecular weight is 437 g/mol. The third kappa shape index (κ3) is 7.15. The highest BCUT2D eigenvalue weighted by atomic mass is 127. The molecule has 0 aromatic heterocycles. The summed E-state index contributed by atoms with van der Waals surface area (Å²) in [5.41, 5.74) is 6.79. The highest BCUT2D eigenvalue weighted by Crippen LogP contribution is 2.34. The first-order valence-electron chi connectivity index (χ1n) is 7.48. The maximum atomic E-state index is 5.82. The molecule has 0 atom stereocenters. The Hall–Kier alpha value is -1.38. The van der Waals surface area contributed by atoms with E-state index in [4.69, 9.17) is 19.9 Å². The lowest BCUT2D eigenvalue weighted by Gasteiger charge is -2.15. The van der Waals surface area contributed by atoms with Crippen molar-refractivity contribution in [3.8, 4) is 17.2 Å². The van der Waals surface area contributed by atoms with Gasteiger partial charge in [-0.05, 0) is 12.8 Å². The molecule has 1 aromatic carbocycles. The third-order valence-electron chi connectivity index (χ3n) is 3.29. The molecule has 0 aliphatic carbocycles. The van der Waals surface area contributed by atoms with Crippen LogP contribution in [0.3, 0.4) is 0 Å². The summed E-state index contributed by atoms with van der Waals surface area (Å²) in [6, 6.07) is 3.69. The Bertz CT molecular complexity index is 470. The fourth-order valence-corrected chi connectivity index (χ4v) is 2.05. The van der Waals surface area contributed by atoms with Crippen LogP contribution in [0.1, 0.15) is 25.3 Å². The van der Waals surface area contributed by atoms with Crippen molar-refractivity contribution in [1.29, 1.82) is 0 Å². The van der Waals surface area contributed by atoms with E-state index in [1.807, 2.05) is 12.1 Å². The van der Waals surface area contributed by atoms with Crippen LogP contribution in [-0.2, 0) is 6.42 Å². The first kappa shape index (κ1) is 21.6. The van der Waals surface area contributed by atoms with Crippen LogP contribution in [0.5, 0.6) is 17.2 Å². The summed E-state index contributed by atoms with van der Waals surface area (Å²) in [4.78, 5) is 4.26. The highest BCUT2D eigenvalue weighted by molar-refractivity contribution is 14.0. The van der Waals surface area contributed by atoms with E-state index >= 15 is 0 Å². The zero-order valence-corrected chi connectivity index (χ0v) is 16.7. The molecule has 0 spiro atoms. The van der Waals surface area contributed by atoms with Crippen molar-refractivity contribution in [3.63, 3.8) is 0 Å². The quantitative estimate of drug-likeness (QED) is 0.269. The van der Waals surface area contributed by atoms with Crippen LogP contribution >= 0.6 is 24.0 Å². The molecule has 0 aliphatic heterocycles. The minimum atomic E-state index is 0. The second-order valence-corrected chi connectivity index (χ2v) is 4.81. The predicted molar refractivity (Wildman–Crippen MR) is 105 cm³/mol. The van der Waals surface area contributed by atoms with Crippen LogP contribution in [0, 0.1) is 0 Å². The van der Waals surface area contributed by atoms with Gasteiger partial charge in [-0.2, -0.15) is 0 Å². The van der Waals surface area contributed by atoms with E-state index in [0.29, 0.717) is 24.7 Å². The fraction of sp³-hybridized carbons (Fsp3) is 0.562. The number of methoxy groups -OCH3 is 3. The monoisotopic (exact) mass is 437 g/mol. The summed E-state index contributed by atoms with van der Waals surface area (Å²) in [7, 11) is 4.88. The topological polar surface area (TPSA) is 78.1 Å². The summed E-state index contributed by atoms with van der Waals surface area (Å²) in [6.07, 6.45) is 2.86. The lowest BCUT2D eigenvalue weighted by atomic mass is 10.1. The molecule has 1 aromatic rings. The van der Waals surface area contributed by atoms with Crippen LogP contribution in [0.15, 0.2) is 17.1 Å². The van der Waals surface area contributed by atoms with Gasteiger partial charge in [0.1, 0.15) is 17.2 Å². The minimum Gasteiger partial charge on any atom is -0.496 e. The molecular formula is C16H28IN3O3. The SMILES string of the molecule is CCCCN=C(N)NCCc1c(OC)cc(OC)cc1OC.I. The standard InChI is InChI=1S/C16H27N3O3.HI/c1-5-6-8-18-16(17)19-9-7-13-14(21-3)10-12(20-2)11-15(13)22-4;/h10-11H,5-9H2,1-4H3,(H3,17,18,19);1H. The summed E-state index contributed by atoms with van der Waals surface area (Å²) < 4.78 is 16.1. The maximum absolute atomic E-state index is 5.82. The zero-order valence-electron chi connectivity index (χ0n) is 14.3. The molecule has 0 aliphatic rings. The number of hydrogen-bond acceptors (Lipinski definition) is 4. The first-order chi connectivity index (χ1) is 10.7. The Morgan fingerprint density at radius 3 is 2.22 bits per heavy atom. The van der Waals surface area contributed by atoms with E-state index < -0.39 is 0 Å². The summed E-state index contributed by atoms with van der Waals surface area (Å²) >= 11 is 0. The Labute approximate surface area is 155 Å². The number of nitrogens with one attached hydrogen (secondary N) is 1. The van der Waals surface area contributed by atoms with Gasteiger partial charge in [0.25, 0.3) is 0 Å². The maximum Gasteiger partial charge on any atom is 0.188 e. The van der Waals surface area contributed by atoms with Crippen molar-refractivity contribution >= 4 is 29.9 Å². The number of guanidine groups is 1. The molecule has 0 amide bonds. The van der Waals surface area contributed by atoms with Gasteiger partial charge in [-0.25, -0.2) is 0 Å². The van der Waals surface area contributed by atoms with Crippen LogP contribution in [-0.4, -0.2) is 40.4 Å². The van der Waals surface area contributed by atoms with Gasteiger partial charge in [0.05, 0.1) is 21.3 Å². The van der Waals surface area contributed by atoms with Crippen molar-refractivity contribution in [1.82, 2.24) is 5.32 Å². The lowest BCUT2D eigenvalue weighted by Crippen LogP contribution is -2.33. The second kappa shape index (κ2) is 12.1. The van der Waals surface area contributed by atoms with Gasteiger partial charge in [-0.15, -0.1) is 24.0 Å². The van der Waals surface area contributed by atoms with Gasteiger partial charge in [0, 0.05) is 30.8 Å². The van der Waals surface area contributed by atoms with Crippen LogP contribution < -0.4 is 25.3 Å². The van der Waals surface area contributed by atoms with E-state index in [0.717, 1.165) is 36.4 Å². The Morgan fingerprint density at radius 2 is 1.74 bits per heavy atom. The van der Waals surface area contributed by atoms with Gasteiger partial charge in [-0.1, -0.05) is 13.3 Å². The lowest BCUT2D eigenvalue weighted by molar-refractivity contribution is 0.368. The zero-order chi connectivity index (χ0) is 16.4. The number of unbranched alkanes of at least 4 members (excludes halogenated alkanes) is 1. The van der Waals surface area contributed by atoms with Crippen molar-refractivity contribution in [2.45, 2.75) is 26.2 Å². The van der Waals surface area contributed by atoms with Crippen molar-refractivity contribution in [3.05, 3.63) is 17.7 Å². The van der Waals surface area contributed by atoms with Gasteiger partial charge in [0.2, 0.25) is 0 Å². The third-order valence-corrected chi connectivity index (χ3v) is 3.29. The number of halogens is 1. The molecule has 0 fully saturated rings.